The fourth-order valence-corrected chi connectivity index (χ4v) is 3.52. The highest BCUT2D eigenvalue weighted by molar-refractivity contribution is 7.98. The second kappa shape index (κ2) is 7.85. The number of aromatic nitrogens is 4. The maximum atomic E-state index is 5.93. The molecule has 1 atom stereocenters. The third-order valence-electron chi connectivity index (χ3n) is 4.29. The maximum Gasteiger partial charge on any atom is 0.191 e. The summed E-state index contributed by atoms with van der Waals surface area (Å²) in [6, 6.07) is 1.86. The lowest BCUT2D eigenvalue weighted by atomic mass is 9.97. The van der Waals surface area contributed by atoms with E-state index in [1.807, 2.05) is 24.7 Å². The van der Waals surface area contributed by atoms with Crippen LogP contribution in [0.5, 0.6) is 0 Å². The Morgan fingerprint density at radius 2 is 2.29 bits per heavy atom. The van der Waals surface area contributed by atoms with Gasteiger partial charge in [-0.2, -0.15) is 0 Å². The number of piperidine rings is 1. The quantitative estimate of drug-likeness (QED) is 0.631. The van der Waals surface area contributed by atoms with Crippen molar-refractivity contribution in [1.29, 1.82) is 0 Å². The van der Waals surface area contributed by atoms with Crippen molar-refractivity contribution in [3.63, 3.8) is 0 Å². The first kappa shape index (κ1) is 17.0. The van der Waals surface area contributed by atoms with E-state index in [0.29, 0.717) is 23.5 Å². The summed E-state index contributed by atoms with van der Waals surface area (Å²) in [5.74, 6) is 2.95. The molecule has 2 N–H and O–H groups in total. The van der Waals surface area contributed by atoms with E-state index in [4.69, 9.17) is 10.5 Å². The molecule has 1 fully saturated rings. The summed E-state index contributed by atoms with van der Waals surface area (Å²) in [5.41, 5.74) is 5.93. The first-order chi connectivity index (χ1) is 11.7. The van der Waals surface area contributed by atoms with Crippen molar-refractivity contribution in [3.05, 3.63) is 24.3 Å². The minimum atomic E-state index is 0.388. The standard InChI is InChI=1S/C16H24N6OS/c1-23-9-8-21-7-5-18-15(21)12-4-3-6-22(11-12)14-10-13(17)19-16(20-14)24-2/h5,7,10,12H,3-4,6,8-9,11H2,1-2H3,(H2,17,19,20). The Hall–Kier alpha value is -1.80. The van der Waals surface area contributed by atoms with Gasteiger partial charge in [-0.1, -0.05) is 11.8 Å². The van der Waals surface area contributed by atoms with Gasteiger partial charge in [-0.25, -0.2) is 15.0 Å². The van der Waals surface area contributed by atoms with Gasteiger partial charge in [0.25, 0.3) is 0 Å². The zero-order chi connectivity index (χ0) is 16.9. The number of imidazole rings is 1. The van der Waals surface area contributed by atoms with Crippen LogP contribution in [0.3, 0.4) is 0 Å². The van der Waals surface area contributed by atoms with Gasteiger partial charge >= 0.3 is 0 Å². The average molecular weight is 348 g/mol. The molecule has 0 bridgehead atoms. The SMILES string of the molecule is COCCn1ccnc1C1CCCN(c2cc(N)nc(SC)n2)C1. The summed E-state index contributed by atoms with van der Waals surface area (Å²) < 4.78 is 7.39. The molecular formula is C16H24N6OS. The van der Waals surface area contributed by atoms with Crippen LogP contribution in [-0.2, 0) is 11.3 Å². The molecule has 3 rings (SSSR count). The van der Waals surface area contributed by atoms with E-state index >= 15 is 0 Å². The van der Waals surface area contributed by atoms with E-state index in [1.54, 1.807) is 7.11 Å². The van der Waals surface area contributed by atoms with Crippen molar-refractivity contribution in [1.82, 2.24) is 19.5 Å². The number of anilines is 2. The molecular weight excluding hydrogens is 324 g/mol. The van der Waals surface area contributed by atoms with Crippen molar-refractivity contribution in [2.75, 3.05) is 43.7 Å². The number of nitrogens with zero attached hydrogens (tertiary/aromatic N) is 5. The maximum absolute atomic E-state index is 5.93. The second-order valence-electron chi connectivity index (χ2n) is 5.89. The highest BCUT2D eigenvalue weighted by atomic mass is 32.2. The zero-order valence-corrected chi connectivity index (χ0v) is 15.0. The molecule has 1 aliphatic heterocycles. The largest absolute Gasteiger partial charge is 0.383 e. The highest BCUT2D eigenvalue weighted by Crippen LogP contribution is 2.29. The smallest absolute Gasteiger partial charge is 0.191 e. The number of methoxy groups -OCH3 is 1. The molecule has 1 saturated heterocycles. The van der Waals surface area contributed by atoms with Gasteiger partial charge in [-0.05, 0) is 19.1 Å². The molecule has 0 aromatic carbocycles. The summed E-state index contributed by atoms with van der Waals surface area (Å²) in [6.45, 7) is 3.41. The average Bonchev–Trinajstić information content (AvgIpc) is 3.08. The lowest BCUT2D eigenvalue weighted by Crippen LogP contribution is -2.36. The predicted molar refractivity (Wildman–Crippen MR) is 96.5 cm³/mol. The van der Waals surface area contributed by atoms with Gasteiger partial charge in [0.15, 0.2) is 5.16 Å². The normalized spacial score (nSPS) is 18.1. The lowest BCUT2D eigenvalue weighted by molar-refractivity contribution is 0.185. The summed E-state index contributed by atoms with van der Waals surface area (Å²) in [5, 5.41) is 0.716. The van der Waals surface area contributed by atoms with E-state index < -0.39 is 0 Å². The van der Waals surface area contributed by atoms with Crippen molar-refractivity contribution in [2.45, 2.75) is 30.5 Å². The van der Waals surface area contributed by atoms with Crippen molar-refractivity contribution in [3.8, 4) is 0 Å². The Morgan fingerprint density at radius 1 is 1.42 bits per heavy atom. The number of nitrogen functional groups attached to an aromatic ring is 1. The first-order valence-electron chi connectivity index (χ1n) is 8.14. The van der Waals surface area contributed by atoms with Crippen LogP contribution in [0, 0.1) is 0 Å². The Morgan fingerprint density at radius 3 is 3.08 bits per heavy atom. The Labute approximate surface area is 146 Å². The molecule has 0 saturated carbocycles. The number of nitrogens with two attached hydrogens (primary N) is 1. The fraction of sp³-hybridized carbons (Fsp3) is 0.562. The predicted octanol–water partition coefficient (Wildman–Crippen LogP) is 2.01. The molecule has 24 heavy (non-hydrogen) atoms. The van der Waals surface area contributed by atoms with Crippen LogP contribution in [-0.4, -0.2) is 52.6 Å². The van der Waals surface area contributed by atoms with Gasteiger partial charge in [0.2, 0.25) is 0 Å². The van der Waals surface area contributed by atoms with Crippen molar-refractivity contribution >= 4 is 23.4 Å². The first-order valence-corrected chi connectivity index (χ1v) is 9.37. The summed E-state index contributed by atoms with van der Waals surface area (Å²) in [6.07, 6.45) is 8.11. The lowest BCUT2D eigenvalue weighted by Gasteiger charge is -2.33. The van der Waals surface area contributed by atoms with Crippen LogP contribution in [0.25, 0.3) is 0 Å². The van der Waals surface area contributed by atoms with E-state index in [-0.39, 0.29) is 0 Å². The minimum Gasteiger partial charge on any atom is -0.383 e. The molecule has 1 unspecified atom stereocenters. The van der Waals surface area contributed by atoms with E-state index in [9.17, 15) is 0 Å². The Balaban J connectivity index is 1.77. The molecule has 3 heterocycles. The van der Waals surface area contributed by atoms with E-state index in [1.165, 1.54) is 11.8 Å². The van der Waals surface area contributed by atoms with E-state index in [2.05, 4.69) is 24.4 Å². The van der Waals surface area contributed by atoms with Gasteiger partial charge in [-0.15, -0.1) is 0 Å². The van der Waals surface area contributed by atoms with Crippen LogP contribution in [0.15, 0.2) is 23.6 Å². The molecule has 0 amide bonds. The minimum absolute atomic E-state index is 0.388. The highest BCUT2D eigenvalue weighted by Gasteiger charge is 2.26. The fourth-order valence-electron chi connectivity index (χ4n) is 3.14. The number of rotatable bonds is 6. The molecule has 0 spiro atoms. The van der Waals surface area contributed by atoms with Crippen LogP contribution in [0.2, 0.25) is 0 Å². The van der Waals surface area contributed by atoms with Gasteiger partial charge in [0.1, 0.15) is 17.5 Å². The summed E-state index contributed by atoms with van der Waals surface area (Å²) in [7, 11) is 1.72. The number of hydrogen-bond acceptors (Lipinski definition) is 7. The Kier molecular flexibility index (Phi) is 5.57. The molecule has 0 aliphatic carbocycles. The van der Waals surface area contributed by atoms with Gasteiger partial charge in [-0.3, -0.25) is 0 Å². The summed E-state index contributed by atoms with van der Waals surface area (Å²) in [4.78, 5) is 15.7. The molecule has 7 nitrogen and oxygen atoms in total. The van der Waals surface area contributed by atoms with Gasteiger partial charge in [0, 0.05) is 51.1 Å². The van der Waals surface area contributed by atoms with Crippen molar-refractivity contribution < 1.29 is 4.74 Å². The van der Waals surface area contributed by atoms with E-state index in [0.717, 1.165) is 44.1 Å². The number of thioether (sulfide) groups is 1. The second-order valence-corrected chi connectivity index (χ2v) is 6.67. The monoisotopic (exact) mass is 348 g/mol. The third-order valence-corrected chi connectivity index (χ3v) is 4.84. The topological polar surface area (TPSA) is 82.1 Å². The van der Waals surface area contributed by atoms with Crippen molar-refractivity contribution in [2.24, 2.45) is 0 Å². The molecule has 2 aromatic rings. The van der Waals surface area contributed by atoms with Crippen LogP contribution < -0.4 is 10.6 Å². The van der Waals surface area contributed by atoms with Crippen LogP contribution in [0.1, 0.15) is 24.6 Å². The molecule has 1 aliphatic rings. The Bertz CT molecular complexity index is 676. The third kappa shape index (κ3) is 3.81. The van der Waals surface area contributed by atoms with Gasteiger partial charge < -0.3 is 19.9 Å². The van der Waals surface area contributed by atoms with Crippen LogP contribution in [0.4, 0.5) is 11.6 Å². The number of hydrogen-bond donors (Lipinski definition) is 1. The summed E-state index contributed by atoms with van der Waals surface area (Å²) >= 11 is 1.51. The zero-order valence-electron chi connectivity index (χ0n) is 14.2. The van der Waals surface area contributed by atoms with Gasteiger partial charge in [0.05, 0.1) is 6.61 Å². The number of ether oxygens (including phenoxy) is 1. The molecule has 2 aromatic heterocycles. The molecule has 130 valence electrons. The van der Waals surface area contributed by atoms with Crippen LogP contribution >= 0.6 is 11.8 Å². The molecule has 0 radical (unpaired) electrons. The molecule has 8 heteroatoms.